The maximum Gasteiger partial charge on any atom is 0.224 e. The van der Waals surface area contributed by atoms with Gasteiger partial charge in [-0.15, -0.1) is 0 Å². The fourth-order valence-electron chi connectivity index (χ4n) is 2.55. The quantitative estimate of drug-likeness (QED) is 0.866. The van der Waals surface area contributed by atoms with Gasteiger partial charge in [-0.2, -0.15) is 0 Å². The summed E-state index contributed by atoms with van der Waals surface area (Å²) in [6, 6.07) is 7.85. The van der Waals surface area contributed by atoms with E-state index < -0.39 is 0 Å². The number of carbonyl (C=O) groups is 1. The van der Waals surface area contributed by atoms with Crippen LogP contribution >= 0.6 is 0 Å². The molecule has 1 amide bonds. The van der Waals surface area contributed by atoms with Gasteiger partial charge in [0.25, 0.3) is 0 Å². The summed E-state index contributed by atoms with van der Waals surface area (Å²) in [5.74, 6) is 0.883. The van der Waals surface area contributed by atoms with Crippen molar-refractivity contribution in [2.24, 2.45) is 0 Å². The summed E-state index contributed by atoms with van der Waals surface area (Å²) in [6.07, 6.45) is 3.52. The summed E-state index contributed by atoms with van der Waals surface area (Å²) in [6.45, 7) is 2.59. The maximum atomic E-state index is 12.0. The van der Waals surface area contributed by atoms with Crippen molar-refractivity contribution < 1.29 is 14.6 Å². The second-order valence-corrected chi connectivity index (χ2v) is 5.33. The Morgan fingerprint density at radius 1 is 1.25 bits per heavy atom. The van der Waals surface area contributed by atoms with Crippen LogP contribution in [0, 0.1) is 0 Å². The molecule has 0 unspecified atom stereocenters. The van der Waals surface area contributed by atoms with Gasteiger partial charge in [0.1, 0.15) is 5.75 Å². The Labute approximate surface area is 120 Å². The Balaban J connectivity index is 1.79. The first kappa shape index (κ1) is 14.9. The Morgan fingerprint density at radius 3 is 2.50 bits per heavy atom. The number of carbonyl (C=O) groups excluding carboxylic acids is 1. The van der Waals surface area contributed by atoms with E-state index in [0.717, 1.165) is 37.0 Å². The van der Waals surface area contributed by atoms with E-state index >= 15 is 0 Å². The largest absolute Gasteiger partial charge is 0.494 e. The lowest BCUT2D eigenvalue weighted by molar-refractivity contribution is -0.121. The van der Waals surface area contributed by atoms with Crippen LogP contribution in [0.3, 0.4) is 0 Å². The van der Waals surface area contributed by atoms with E-state index in [1.165, 1.54) is 0 Å². The second-order valence-electron chi connectivity index (χ2n) is 5.33. The minimum Gasteiger partial charge on any atom is -0.494 e. The van der Waals surface area contributed by atoms with Crippen LogP contribution in [0.25, 0.3) is 0 Å². The minimum absolute atomic E-state index is 0.0514. The molecule has 0 aromatic heterocycles. The molecule has 1 aliphatic rings. The van der Waals surface area contributed by atoms with Gasteiger partial charge in [-0.1, -0.05) is 12.1 Å². The second kappa shape index (κ2) is 7.29. The lowest BCUT2D eigenvalue weighted by Gasteiger charge is -2.26. The molecule has 0 saturated heterocycles. The average Bonchev–Trinajstić information content (AvgIpc) is 2.44. The van der Waals surface area contributed by atoms with Crippen LogP contribution in [-0.4, -0.2) is 29.8 Å². The molecule has 0 atom stereocenters. The van der Waals surface area contributed by atoms with Gasteiger partial charge in [0, 0.05) is 6.04 Å². The van der Waals surface area contributed by atoms with Gasteiger partial charge in [0.2, 0.25) is 5.91 Å². The monoisotopic (exact) mass is 277 g/mol. The first-order valence-electron chi connectivity index (χ1n) is 7.36. The normalized spacial score (nSPS) is 22.3. The van der Waals surface area contributed by atoms with Crippen molar-refractivity contribution in [1.29, 1.82) is 0 Å². The number of rotatable bonds is 5. The molecule has 0 bridgehead atoms. The van der Waals surface area contributed by atoms with Gasteiger partial charge in [0.05, 0.1) is 19.1 Å². The highest BCUT2D eigenvalue weighted by Gasteiger charge is 2.20. The predicted octanol–water partition coefficient (Wildman–Crippen LogP) is 2.05. The third-order valence-corrected chi connectivity index (χ3v) is 3.66. The van der Waals surface area contributed by atoms with Crippen LogP contribution in [0.5, 0.6) is 5.75 Å². The minimum atomic E-state index is -0.186. The Hall–Kier alpha value is -1.55. The summed E-state index contributed by atoms with van der Waals surface area (Å²) in [7, 11) is 0. The fourth-order valence-corrected chi connectivity index (χ4v) is 2.55. The molecule has 4 heteroatoms. The number of aliphatic hydroxyl groups excluding tert-OH is 1. The Kier molecular flexibility index (Phi) is 5.41. The van der Waals surface area contributed by atoms with Gasteiger partial charge in [-0.05, 0) is 50.3 Å². The number of hydrogen-bond acceptors (Lipinski definition) is 3. The van der Waals surface area contributed by atoms with E-state index in [4.69, 9.17) is 4.74 Å². The van der Waals surface area contributed by atoms with Crippen molar-refractivity contribution in [2.75, 3.05) is 6.61 Å². The van der Waals surface area contributed by atoms with Gasteiger partial charge in [-0.3, -0.25) is 4.79 Å². The first-order chi connectivity index (χ1) is 9.67. The third kappa shape index (κ3) is 4.53. The highest BCUT2D eigenvalue weighted by molar-refractivity contribution is 5.78. The molecule has 1 fully saturated rings. The summed E-state index contributed by atoms with van der Waals surface area (Å²) >= 11 is 0. The van der Waals surface area contributed by atoms with Gasteiger partial charge >= 0.3 is 0 Å². The van der Waals surface area contributed by atoms with Crippen LogP contribution in [0.4, 0.5) is 0 Å². The van der Waals surface area contributed by atoms with Crippen molar-refractivity contribution in [2.45, 2.75) is 51.2 Å². The maximum absolute atomic E-state index is 12.0. The molecule has 20 heavy (non-hydrogen) atoms. The predicted molar refractivity (Wildman–Crippen MR) is 77.7 cm³/mol. The highest BCUT2D eigenvalue weighted by atomic mass is 16.5. The molecule has 4 nitrogen and oxygen atoms in total. The molecule has 0 aliphatic heterocycles. The fraction of sp³-hybridized carbons (Fsp3) is 0.562. The molecule has 2 rings (SSSR count). The molecule has 0 heterocycles. The Morgan fingerprint density at radius 2 is 1.90 bits per heavy atom. The molecule has 1 aromatic carbocycles. The van der Waals surface area contributed by atoms with Crippen LogP contribution in [-0.2, 0) is 11.2 Å². The van der Waals surface area contributed by atoms with Crippen molar-refractivity contribution in [3.8, 4) is 5.75 Å². The van der Waals surface area contributed by atoms with E-state index in [-0.39, 0.29) is 18.1 Å². The van der Waals surface area contributed by atoms with Crippen molar-refractivity contribution in [3.05, 3.63) is 29.8 Å². The van der Waals surface area contributed by atoms with Gasteiger partial charge in [-0.25, -0.2) is 0 Å². The van der Waals surface area contributed by atoms with Crippen LogP contribution in [0.15, 0.2) is 24.3 Å². The van der Waals surface area contributed by atoms with Gasteiger partial charge < -0.3 is 15.2 Å². The number of hydrogen-bond donors (Lipinski definition) is 2. The zero-order valence-electron chi connectivity index (χ0n) is 12.0. The summed E-state index contributed by atoms with van der Waals surface area (Å²) in [4.78, 5) is 12.0. The standard InChI is InChI=1S/C16H23NO3/c1-2-20-15-9-3-12(4-10-15)11-16(19)17-13-5-7-14(18)8-6-13/h3-4,9-10,13-14,18H,2,5-8,11H2,1H3,(H,17,19). The molecule has 1 aliphatic carbocycles. The molecule has 2 N–H and O–H groups in total. The molecular formula is C16H23NO3. The zero-order valence-corrected chi connectivity index (χ0v) is 12.0. The lowest BCUT2D eigenvalue weighted by atomic mass is 9.93. The molecule has 0 spiro atoms. The smallest absolute Gasteiger partial charge is 0.224 e. The van der Waals surface area contributed by atoms with Crippen LogP contribution in [0.2, 0.25) is 0 Å². The zero-order chi connectivity index (χ0) is 14.4. The highest BCUT2D eigenvalue weighted by Crippen LogP contribution is 2.18. The number of amides is 1. The van der Waals surface area contributed by atoms with Crippen molar-refractivity contribution in [3.63, 3.8) is 0 Å². The lowest BCUT2D eigenvalue weighted by Crippen LogP contribution is -2.39. The van der Waals surface area contributed by atoms with E-state index in [9.17, 15) is 9.90 Å². The number of benzene rings is 1. The molecule has 110 valence electrons. The van der Waals surface area contributed by atoms with Crippen molar-refractivity contribution >= 4 is 5.91 Å². The van der Waals surface area contributed by atoms with Crippen molar-refractivity contribution in [1.82, 2.24) is 5.32 Å². The summed E-state index contributed by atoms with van der Waals surface area (Å²) in [5, 5.41) is 12.5. The van der Waals surface area contributed by atoms with Crippen LogP contribution in [0.1, 0.15) is 38.2 Å². The van der Waals surface area contributed by atoms with E-state index in [2.05, 4.69) is 5.32 Å². The van der Waals surface area contributed by atoms with E-state index in [1.807, 2.05) is 31.2 Å². The van der Waals surface area contributed by atoms with Gasteiger partial charge in [0.15, 0.2) is 0 Å². The van der Waals surface area contributed by atoms with E-state index in [1.54, 1.807) is 0 Å². The first-order valence-corrected chi connectivity index (χ1v) is 7.36. The summed E-state index contributed by atoms with van der Waals surface area (Å²) < 4.78 is 5.37. The Bertz CT molecular complexity index is 422. The number of nitrogens with one attached hydrogen (secondary N) is 1. The summed E-state index contributed by atoms with van der Waals surface area (Å²) in [5.41, 5.74) is 0.988. The average molecular weight is 277 g/mol. The molecular weight excluding hydrogens is 254 g/mol. The molecule has 1 saturated carbocycles. The van der Waals surface area contributed by atoms with Crippen LogP contribution < -0.4 is 10.1 Å². The SMILES string of the molecule is CCOc1ccc(CC(=O)NC2CCC(O)CC2)cc1. The topological polar surface area (TPSA) is 58.6 Å². The number of aliphatic hydroxyl groups is 1. The van der Waals surface area contributed by atoms with E-state index in [0.29, 0.717) is 13.0 Å². The third-order valence-electron chi connectivity index (χ3n) is 3.66. The molecule has 0 radical (unpaired) electrons. The molecule has 1 aromatic rings. The number of ether oxygens (including phenoxy) is 1.